The van der Waals surface area contributed by atoms with Crippen molar-refractivity contribution in [3.05, 3.63) is 22.7 Å². The largest absolute Gasteiger partial charge is 0.370 e. The predicted octanol–water partition coefficient (Wildman–Crippen LogP) is 2.65. The number of benzene rings is 1. The fourth-order valence-corrected chi connectivity index (χ4v) is 2.71. The Morgan fingerprint density at radius 1 is 1.43 bits per heavy atom. The Hall–Kier alpha value is -0.460. The maximum atomic E-state index is 9.69. The molecule has 0 unspecified atom stereocenters. The van der Waals surface area contributed by atoms with Crippen molar-refractivity contribution in [3.63, 3.8) is 0 Å². The average Bonchev–Trinajstić information content (AvgIpc) is 2.08. The zero-order valence-corrected chi connectivity index (χ0v) is 9.11. The van der Waals surface area contributed by atoms with Crippen LogP contribution in [0.4, 0.5) is 5.69 Å². The first kappa shape index (κ1) is 10.1. The molecule has 1 aliphatic heterocycles. The van der Waals surface area contributed by atoms with Crippen molar-refractivity contribution in [3.8, 4) is 0 Å². The molecule has 78 valence electrons. The third-order valence-electron chi connectivity index (χ3n) is 2.12. The van der Waals surface area contributed by atoms with Crippen LogP contribution in [0, 0.1) is 6.92 Å². The van der Waals surface area contributed by atoms with Gasteiger partial charge in [0.1, 0.15) is 0 Å². The molecule has 4 nitrogen and oxygen atoms in total. The van der Waals surface area contributed by atoms with E-state index in [9.17, 15) is 9.11 Å². The van der Waals surface area contributed by atoms with Crippen LogP contribution in [0.25, 0.3) is 0 Å². The second kappa shape index (κ2) is 3.29. The molecule has 0 atom stereocenters. The normalized spacial score (nSPS) is 20.9. The summed E-state index contributed by atoms with van der Waals surface area (Å²) < 4.78 is 22.0. The molecule has 0 aromatic heterocycles. The smallest absolute Gasteiger partial charge is 0.0986 e. The summed E-state index contributed by atoms with van der Waals surface area (Å²) in [6.45, 7) is 2.15. The highest BCUT2D eigenvalue weighted by atomic mass is 35.5. The summed E-state index contributed by atoms with van der Waals surface area (Å²) in [4.78, 5) is 0.477. The predicted molar refractivity (Wildman–Crippen MR) is 58.9 cm³/mol. The third kappa shape index (κ3) is 1.57. The van der Waals surface area contributed by atoms with Crippen molar-refractivity contribution >= 4 is 28.1 Å². The van der Waals surface area contributed by atoms with E-state index in [2.05, 4.69) is 10.0 Å². The van der Waals surface area contributed by atoms with Crippen molar-refractivity contribution in [2.75, 3.05) is 12.0 Å². The summed E-state index contributed by atoms with van der Waals surface area (Å²) in [5, 5.41) is 3.61. The molecule has 4 N–H and O–H groups in total. The van der Waals surface area contributed by atoms with Crippen LogP contribution >= 0.6 is 22.4 Å². The Morgan fingerprint density at radius 3 is 2.86 bits per heavy atom. The molecule has 1 aromatic rings. The molecule has 0 spiro atoms. The van der Waals surface area contributed by atoms with E-state index in [1.807, 2.05) is 6.92 Å². The van der Waals surface area contributed by atoms with Crippen LogP contribution in [0.3, 0.4) is 0 Å². The van der Waals surface area contributed by atoms with E-state index in [0.29, 0.717) is 22.3 Å². The highest BCUT2D eigenvalue weighted by Gasteiger charge is 2.24. The van der Waals surface area contributed by atoms with Crippen LogP contribution in [-0.2, 0) is 0 Å². The van der Waals surface area contributed by atoms with E-state index in [1.165, 1.54) is 0 Å². The van der Waals surface area contributed by atoms with Crippen molar-refractivity contribution in [1.29, 1.82) is 0 Å². The molecule has 0 aliphatic carbocycles. The highest BCUT2D eigenvalue weighted by Crippen LogP contribution is 2.50. The number of hydrogen-bond donors (Lipinski definition) is 4. The van der Waals surface area contributed by atoms with Crippen LogP contribution in [0.2, 0.25) is 5.02 Å². The number of fused-ring (bicyclic) bond motifs is 1. The molecule has 2 rings (SSSR count). The van der Waals surface area contributed by atoms with Crippen molar-refractivity contribution in [2.45, 2.75) is 11.8 Å². The molecule has 1 aliphatic rings. The van der Waals surface area contributed by atoms with Gasteiger partial charge in [0.2, 0.25) is 0 Å². The molecule has 1 aromatic carbocycles. The van der Waals surface area contributed by atoms with E-state index in [0.717, 1.165) is 5.56 Å². The molecule has 0 radical (unpaired) electrons. The lowest BCUT2D eigenvalue weighted by atomic mass is 10.2. The summed E-state index contributed by atoms with van der Waals surface area (Å²) in [7, 11) is -2.85. The lowest BCUT2D eigenvalue weighted by molar-refractivity contribution is 0.469. The molecule has 1 heterocycles. The van der Waals surface area contributed by atoms with Crippen molar-refractivity contribution < 1.29 is 9.11 Å². The van der Waals surface area contributed by atoms with Gasteiger partial charge >= 0.3 is 0 Å². The summed E-state index contributed by atoms with van der Waals surface area (Å²) in [6.07, 6.45) is 0. The van der Waals surface area contributed by atoms with E-state index >= 15 is 0 Å². The van der Waals surface area contributed by atoms with Gasteiger partial charge in [-0.05, 0) is 24.6 Å². The fraction of sp³-hybridized carbons (Fsp3) is 0.250. The zero-order valence-electron chi connectivity index (χ0n) is 7.54. The second-order valence-corrected chi connectivity index (χ2v) is 5.38. The van der Waals surface area contributed by atoms with Crippen LogP contribution < -0.4 is 10.0 Å². The van der Waals surface area contributed by atoms with Crippen LogP contribution in [0.15, 0.2) is 17.0 Å². The average molecular weight is 235 g/mol. The van der Waals surface area contributed by atoms with Gasteiger partial charge in [-0.3, -0.25) is 9.11 Å². The van der Waals surface area contributed by atoms with Gasteiger partial charge in [-0.1, -0.05) is 11.6 Å². The number of anilines is 1. The van der Waals surface area contributed by atoms with Gasteiger partial charge in [0.25, 0.3) is 0 Å². The van der Waals surface area contributed by atoms with Gasteiger partial charge in [-0.25, -0.2) is 0 Å². The molecule has 14 heavy (non-hydrogen) atoms. The maximum Gasteiger partial charge on any atom is 0.0986 e. The van der Waals surface area contributed by atoms with Crippen LogP contribution in [0.5, 0.6) is 0 Å². The lowest BCUT2D eigenvalue weighted by Gasteiger charge is -2.38. The first-order valence-corrected chi connectivity index (χ1v) is 6.00. The minimum atomic E-state index is -2.85. The van der Waals surface area contributed by atoms with E-state index in [-0.39, 0.29) is 0 Å². The van der Waals surface area contributed by atoms with E-state index < -0.39 is 10.8 Å². The molecular formula is C8H11ClN2O2S. The Labute approximate surface area is 88.8 Å². The summed E-state index contributed by atoms with van der Waals surface area (Å²) >= 11 is 5.92. The lowest BCUT2D eigenvalue weighted by Crippen LogP contribution is -2.31. The maximum absolute atomic E-state index is 9.69. The minimum Gasteiger partial charge on any atom is -0.370 e. The Bertz CT molecular complexity index is 384. The minimum absolute atomic E-state index is 0.328. The Balaban J connectivity index is 2.59. The quantitative estimate of drug-likeness (QED) is 0.557. The molecule has 0 saturated heterocycles. The molecule has 0 amide bonds. The van der Waals surface area contributed by atoms with E-state index in [1.54, 1.807) is 12.1 Å². The monoisotopic (exact) mass is 234 g/mol. The first-order chi connectivity index (χ1) is 6.50. The molecule has 6 heteroatoms. The van der Waals surface area contributed by atoms with Gasteiger partial charge in [-0.15, -0.1) is 10.8 Å². The molecule has 0 bridgehead atoms. The van der Waals surface area contributed by atoms with Gasteiger partial charge in [-0.2, -0.15) is 4.72 Å². The van der Waals surface area contributed by atoms with Gasteiger partial charge in [0.15, 0.2) is 0 Å². The number of aryl methyl sites for hydroxylation is 1. The standard InChI is InChI=1S/C8H11ClN2O2S/c1-5-2-8-7(3-6(5)9)10-4-11-14(8,12)13/h2-3,10-13H,4H2,1H3. The van der Waals surface area contributed by atoms with Gasteiger partial charge in [0.05, 0.1) is 17.3 Å². The van der Waals surface area contributed by atoms with E-state index in [4.69, 9.17) is 11.6 Å². The second-order valence-electron chi connectivity index (χ2n) is 3.14. The first-order valence-electron chi connectivity index (χ1n) is 4.07. The van der Waals surface area contributed by atoms with Gasteiger partial charge < -0.3 is 5.32 Å². The third-order valence-corrected chi connectivity index (χ3v) is 4.02. The zero-order chi connectivity index (χ0) is 10.3. The summed E-state index contributed by atoms with van der Waals surface area (Å²) in [5.74, 6) is 0. The van der Waals surface area contributed by atoms with Crippen LogP contribution in [-0.4, -0.2) is 15.8 Å². The Morgan fingerprint density at radius 2 is 2.14 bits per heavy atom. The summed E-state index contributed by atoms with van der Waals surface area (Å²) in [6, 6.07) is 3.40. The Kier molecular flexibility index (Phi) is 2.36. The molecule has 0 saturated carbocycles. The van der Waals surface area contributed by atoms with Gasteiger partial charge in [0, 0.05) is 5.02 Å². The molecular weight excluding hydrogens is 224 g/mol. The number of nitrogens with one attached hydrogen (secondary N) is 2. The van der Waals surface area contributed by atoms with Crippen LogP contribution in [0.1, 0.15) is 5.56 Å². The van der Waals surface area contributed by atoms with Crippen molar-refractivity contribution in [2.24, 2.45) is 0 Å². The topological polar surface area (TPSA) is 64.5 Å². The van der Waals surface area contributed by atoms with Crippen molar-refractivity contribution in [1.82, 2.24) is 4.72 Å². The summed E-state index contributed by atoms with van der Waals surface area (Å²) in [5.41, 5.74) is 1.51. The number of hydrogen-bond acceptors (Lipinski definition) is 4. The number of halogens is 1. The number of rotatable bonds is 0. The SMILES string of the molecule is Cc1cc2c(cc1Cl)NCNS2(O)O. The fourth-order valence-electron chi connectivity index (χ4n) is 1.34. The molecule has 0 fully saturated rings. The highest BCUT2D eigenvalue weighted by molar-refractivity contribution is 8.22.